The average Bonchev–Trinajstić information content (AvgIpc) is 2.33. The number of rotatable bonds is 3. The van der Waals surface area contributed by atoms with Gasteiger partial charge < -0.3 is 16.0 Å². The SMILES string of the molecule is Cc1cc(N)ccc1Nc1cccc(N(C)C)c1. The Labute approximate surface area is 108 Å². The van der Waals surface area contributed by atoms with Gasteiger partial charge in [-0.15, -0.1) is 0 Å². The Kier molecular flexibility index (Phi) is 3.42. The minimum absolute atomic E-state index is 0.792. The van der Waals surface area contributed by atoms with E-state index in [1.807, 2.05) is 38.4 Å². The van der Waals surface area contributed by atoms with Crippen LogP contribution >= 0.6 is 0 Å². The second kappa shape index (κ2) is 5.00. The molecule has 3 nitrogen and oxygen atoms in total. The van der Waals surface area contributed by atoms with Crippen LogP contribution in [0.2, 0.25) is 0 Å². The summed E-state index contributed by atoms with van der Waals surface area (Å²) in [6.45, 7) is 2.05. The quantitative estimate of drug-likeness (QED) is 0.809. The van der Waals surface area contributed by atoms with Gasteiger partial charge in [0.1, 0.15) is 0 Å². The number of nitrogens with one attached hydrogen (secondary N) is 1. The van der Waals surface area contributed by atoms with Crippen molar-refractivity contribution >= 4 is 22.7 Å². The fraction of sp³-hybridized carbons (Fsp3) is 0.200. The van der Waals surface area contributed by atoms with E-state index in [0.717, 1.165) is 22.6 Å². The van der Waals surface area contributed by atoms with E-state index >= 15 is 0 Å². The minimum atomic E-state index is 0.792. The molecule has 0 bridgehead atoms. The van der Waals surface area contributed by atoms with E-state index in [2.05, 4.69) is 35.3 Å². The maximum atomic E-state index is 5.75. The Morgan fingerprint density at radius 1 is 1.06 bits per heavy atom. The van der Waals surface area contributed by atoms with Crippen LogP contribution in [-0.4, -0.2) is 14.1 Å². The highest BCUT2D eigenvalue weighted by atomic mass is 15.1. The van der Waals surface area contributed by atoms with E-state index in [1.54, 1.807) is 0 Å². The Bertz CT molecular complexity index is 547. The van der Waals surface area contributed by atoms with Crippen molar-refractivity contribution in [2.24, 2.45) is 0 Å². The van der Waals surface area contributed by atoms with Gasteiger partial charge in [0.15, 0.2) is 0 Å². The van der Waals surface area contributed by atoms with Crippen molar-refractivity contribution < 1.29 is 0 Å². The van der Waals surface area contributed by atoms with Crippen molar-refractivity contribution in [2.75, 3.05) is 30.0 Å². The first-order chi connectivity index (χ1) is 8.56. The Hall–Kier alpha value is -2.16. The van der Waals surface area contributed by atoms with Crippen LogP contribution in [0.25, 0.3) is 0 Å². The average molecular weight is 241 g/mol. The number of hydrogen-bond donors (Lipinski definition) is 2. The third-order valence-electron chi connectivity index (χ3n) is 2.89. The van der Waals surface area contributed by atoms with Gasteiger partial charge >= 0.3 is 0 Å². The summed E-state index contributed by atoms with van der Waals surface area (Å²) in [6.07, 6.45) is 0. The van der Waals surface area contributed by atoms with Gasteiger partial charge in [-0.05, 0) is 48.9 Å². The lowest BCUT2D eigenvalue weighted by atomic mass is 10.1. The minimum Gasteiger partial charge on any atom is -0.399 e. The molecule has 3 N–H and O–H groups in total. The number of anilines is 4. The van der Waals surface area contributed by atoms with Gasteiger partial charge in [-0.2, -0.15) is 0 Å². The van der Waals surface area contributed by atoms with Crippen LogP contribution in [0.15, 0.2) is 42.5 Å². The molecule has 2 aromatic carbocycles. The van der Waals surface area contributed by atoms with Gasteiger partial charge in [0.2, 0.25) is 0 Å². The molecule has 0 aliphatic heterocycles. The molecule has 0 heterocycles. The number of hydrogen-bond acceptors (Lipinski definition) is 3. The maximum Gasteiger partial charge on any atom is 0.0415 e. The number of nitrogen functional groups attached to an aromatic ring is 1. The maximum absolute atomic E-state index is 5.75. The second-order valence-corrected chi connectivity index (χ2v) is 4.64. The van der Waals surface area contributed by atoms with Crippen LogP contribution in [0.5, 0.6) is 0 Å². The number of nitrogens with two attached hydrogens (primary N) is 1. The van der Waals surface area contributed by atoms with Gasteiger partial charge in [-0.3, -0.25) is 0 Å². The van der Waals surface area contributed by atoms with Crippen LogP contribution in [0.4, 0.5) is 22.7 Å². The van der Waals surface area contributed by atoms with Gasteiger partial charge in [-0.25, -0.2) is 0 Å². The first-order valence-corrected chi connectivity index (χ1v) is 5.97. The summed E-state index contributed by atoms with van der Waals surface area (Å²) in [5.74, 6) is 0. The molecule has 0 unspecified atom stereocenters. The fourth-order valence-corrected chi connectivity index (χ4v) is 1.84. The highest BCUT2D eigenvalue weighted by Gasteiger charge is 2.01. The molecule has 0 aliphatic carbocycles. The van der Waals surface area contributed by atoms with Crippen LogP contribution in [0.1, 0.15) is 5.56 Å². The lowest BCUT2D eigenvalue weighted by Gasteiger charge is -2.15. The lowest BCUT2D eigenvalue weighted by Crippen LogP contribution is -2.08. The molecule has 0 atom stereocenters. The van der Waals surface area contributed by atoms with Gasteiger partial charge in [-0.1, -0.05) is 6.07 Å². The largest absolute Gasteiger partial charge is 0.399 e. The van der Waals surface area contributed by atoms with E-state index in [1.165, 1.54) is 5.69 Å². The summed E-state index contributed by atoms with van der Waals surface area (Å²) in [5.41, 5.74) is 11.0. The third-order valence-corrected chi connectivity index (χ3v) is 2.89. The zero-order valence-electron chi connectivity index (χ0n) is 11.1. The molecule has 0 spiro atoms. The molecule has 0 radical (unpaired) electrons. The summed E-state index contributed by atoms with van der Waals surface area (Å²) >= 11 is 0. The topological polar surface area (TPSA) is 41.3 Å². The highest BCUT2D eigenvalue weighted by molar-refractivity contribution is 5.68. The highest BCUT2D eigenvalue weighted by Crippen LogP contribution is 2.24. The van der Waals surface area contributed by atoms with Crippen molar-refractivity contribution in [3.63, 3.8) is 0 Å². The first-order valence-electron chi connectivity index (χ1n) is 5.97. The number of benzene rings is 2. The molecule has 0 saturated heterocycles. The van der Waals surface area contributed by atoms with Gasteiger partial charge in [0.05, 0.1) is 0 Å². The van der Waals surface area contributed by atoms with Crippen molar-refractivity contribution in [3.05, 3.63) is 48.0 Å². The van der Waals surface area contributed by atoms with E-state index in [-0.39, 0.29) is 0 Å². The van der Waals surface area contributed by atoms with Crippen LogP contribution < -0.4 is 16.0 Å². The Balaban J connectivity index is 2.25. The van der Waals surface area contributed by atoms with Crippen LogP contribution in [0, 0.1) is 6.92 Å². The summed E-state index contributed by atoms with van der Waals surface area (Å²) in [6, 6.07) is 14.2. The number of nitrogens with zero attached hydrogens (tertiary/aromatic N) is 1. The van der Waals surface area contributed by atoms with E-state index in [9.17, 15) is 0 Å². The first kappa shape index (κ1) is 12.3. The standard InChI is InChI=1S/C15H19N3/c1-11-9-12(16)7-8-15(11)17-13-5-4-6-14(10-13)18(2)3/h4-10,17H,16H2,1-3H3. The van der Waals surface area contributed by atoms with Gasteiger partial charge in [0.25, 0.3) is 0 Å². The van der Waals surface area contributed by atoms with E-state index in [4.69, 9.17) is 5.73 Å². The summed E-state index contributed by atoms with van der Waals surface area (Å²) in [4.78, 5) is 2.08. The molecular weight excluding hydrogens is 222 g/mol. The summed E-state index contributed by atoms with van der Waals surface area (Å²) in [5, 5.41) is 3.41. The summed E-state index contributed by atoms with van der Waals surface area (Å²) < 4.78 is 0. The molecule has 0 amide bonds. The molecule has 0 fully saturated rings. The zero-order valence-corrected chi connectivity index (χ0v) is 11.1. The normalized spacial score (nSPS) is 10.2. The summed E-state index contributed by atoms with van der Waals surface area (Å²) in [7, 11) is 4.07. The molecule has 3 heteroatoms. The molecule has 0 aromatic heterocycles. The van der Waals surface area contributed by atoms with Crippen molar-refractivity contribution in [2.45, 2.75) is 6.92 Å². The fourth-order valence-electron chi connectivity index (χ4n) is 1.84. The lowest BCUT2D eigenvalue weighted by molar-refractivity contribution is 1.13. The molecule has 94 valence electrons. The molecule has 0 saturated carbocycles. The van der Waals surface area contributed by atoms with Crippen molar-refractivity contribution in [1.29, 1.82) is 0 Å². The van der Waals surface area contributed by atoms with Crippen LogP contribution in [-0.2, 0) is 0 Å². The molecule has 2 rings (SSSR count). The monoisotopic (exact) mass is 241 g/mol. The third kappa shape index (κ3) is 2.74. The van der Waals surface area contributed by atoms with E-state index in [0.29, 0.717) is 0 Å². The van der Waals surface area contributed by atoms with Crippen LogP contribution in [0.3, 0.4) is 0 Å². The van der Waals surface area contributed by atoms with Gasteiger partial charge in [0, 0.05) is 36.8 Å². The molecule has 0 aliphatic rings. The molecular formula is C15H19N3. The molecule has 2 aromatic rings. The zero-order chi connectivity index (χ0) is 13.1. The predicted octanol–water partition coefficient (Wildman–Crippen LogP) is 3.39. The Morgan fingerprint density at radius 3 is 2.50 bits per heavy atom. The number of aryl methyl sites for hydroxylation is 1. The second-order valence-electron chi connectivity index (χ2n) is 4.64. The van der Waals surface area contributed by atoms with E-state index < -0.39 is 0 Å². The molecule has 18 heavy (non-hydrogen) atoms. The predicted molar refractivity (Wildman–Crippen MR) is 79.6 cm³/mol. The van der Waals surface area contributed by atoms with Crippen molar-refractivity contribution in [1.82, 2.24) is 0 Å². The Morgan fingerprint density at radius 2 is 1.83 bits per heavy atom. The smallest absolute Gasteiger partial charge is 0.0415 e. The van der Waals surface area contributed by atoms with Crippen molar-refractivity contribution in [3.8, 4) is 0 Å².